The van der Waals surface area contributed by atoms with Crippen LogP contribution in [0.2, 0.25) is 0 Å². The van der Waals surface area contributed by atoms with Gasteiger partial charge in [0, 0.05) is 5.56 Å². The highest BCUT2D eigenvalue weighted by molar-refractivity contribution is 7.91. The quantitative estimate of drug-likeness (QED) is 0.872. The van der Waals surface area contributed by atoms with Gasteiger partial charge in [-0.3, -0.25) is 4.79 Å². The van der Waals surface area contributed by atoms with Crippen LogP contribution in [0.1, 0.15) is 35.7 Å². The van der Waals surface area contributed by atoms with Crippen molar-refractivity contribution in [1.29, 1.82) is 5.26 Å². The average Bonchev–Trinajstić information content (AvgIpc) is 2.60. The van der Waals surface area contributed by atoms with E-state index in [1.54, 1.807) is 24.3 Å². The fraction of sp³-hybridized carbons (Fsp3) is 0.222. The van der Waals surface area contributed by atoms with Gasteiger partial charge in [0.2, 0.25) is 0 Å². The Hall–Kier alpha value is -2.65. The van der Waals surface area contributed by atoms with Crippen LogP contribution in [-0.4, -0.2) is 20.1 Å². The third kappa shape index (κ3) is 4.21. The second-order valence-corrected chi connectivity index (χ2v) is 7.42. The first kappa shape index (κ1) is 17.7. The highest BCUT2D eigenvalue weighted by Gasteiger charge is 2.15. The molecular formula is C18H18N2O3S. The summed E-state index contributed by atoms with van der Waals surface area (Å²) < 4.78 is 24.2. The standard InChI is InChI=1S/C18H18N2O3S/c1-2-3-12-24(22,23)16-10-8-14(9-11-16)18(21)20-17-7-5-4-6-15(17)13-19/h4-11H,2-3,12H2,1H3,(H,20,21). The lowest BCUT2D eigenvalue weighted by Crippen LogP contribution is -2.13. The Morgan fingerprint density at radius 1 is 1.12 bits per heavy atom. The zero-order valence-corrected chi connectivity index (χ0v) is 14.1. The number of benzene rings is 2. The summed E-state index contributed by atoms with van der Waals surface area (Å²) in [7, 11) is -3.31. The van der Waals surface area contributed by atoms with E-state index in [0.717, 1.165) is 6.42 Å². The fourth-order valence-electron chi connectivity index (χ4n) is 2.15. The first-order chi connectivity index (χ1) is 11.5. The van der Waals surface area contributed by atoms with Gasteiger partial charge in [-0.05, 0) is 42.8 Å². The van der Waals surface area contributed by atoms with Crippen molar-refractivity contribution in [3.05, 3.63) is 59.7 Å². The van der Waals surface area contributed by atoms with E-state index in [-0.39, 0.29) is 10.6 Å². The highest BCUT2D eigenvalue weighted by atomic mass is 32.2. The molecule has 0 radical (unpaired) electrons. The van der Waals surface area contributed by atoms with Gasteiger partial charge in [0.1, 0.15) is 6.07 Å². The van der Waals surface area contributed by atoms with Crippen molar-refractivity contribution in [3.63, 3.8) is 0 Å². The van der Waals surface area contributed by atoms with Crippen LogP contribution in [-0.2, 0) is 9.84 Å². The number of para-hydroxylation sites is 1. The Bertz CT molecular complexity index is 866. The van der Waals surface area contributed by atoms with Crippen molar-refractivity contribution < 1.29 is 13.2 Å². The topological polar surface area (TPSA) is 87.0 Å². The number of hydrogen-bond donors (Lipinski definition) is 1. The van der Waals surface area contributed by atoms with Crippen LogP contribution in [0.4, 0.5) is 5.69 Å². The summed E-state index contributed by atoms with van der Waals surface area (Å²) in [6, 6.07) is 14.5. The number of nitriles is 1. The zero-order chi connectivity index (χ0) is 17.6. The van der Waals surface area contributed by atoms with Crippen LogP contribution in [0.5, 0.6) is 0 Å². The molecule has 0 unspecified atom stereocenters. The summed E-state index contributed by atoms with van der Waals surface area (Å²) in [4.78, 5) is 12.5. The van der Waals surface area contributed by atoms with Gasteiger partial charge in [0.05, 0.1) is 21.9 Å². The lowest BCUT2D eigenvalue weighted by Gasteiger charge is -2.08. The van der Waals surface area contributed by atoms with E-state index >= 15 is 0 Å². The van der Waals surface area contributed by atoms with Gasteiger partial charge in [-0.2, -0.15) is 5.26 Å². The lowest BCUT2D eigenvalue weighted by atomic mass is 10.1. The number of rotatable bonds is 6. The Kier molecular flexibility index (Phi) is 5.72. The molecule has 0 aromatic heterocycles. The van der Waals surface area contributed by atoms with E-state index in [0.29, 0.717) is 23.2 Å². The minimum absolute atomic E-state index is 0.102. The first-order valence-corrected chi connectivity index (χ1v) is 9.26. The van der Waals surface area contributed by atoms with Crippen LogP contribution < -0.4 is 5.32 Å². The number of unbranched alkanes of at least 4 members (excludes halogenated alkanes) is 1. The molecule has 1 N–H and O–H groups in total. The van der Waals surface area contributed by atoms with Crippen molar-refractivity contribution in [2.45, 2.75) is 24.7 Å². The number of carbonyl (C=O) groups excluding carboxylic acids is 1. The van der Waals surface area contributed by atoms with Crippen molar-refractivity contribution in [2.75, 3.05) is 11.1 Å². The summed E-state index contributed by atoms with van der Waals surface area (Å²) in [6.45, 7) is 1.93. The molecule has 0 saturated heterocycles. The normalized spacial score (nSPS) is 10.8. The number of amides is 1. The monoisotopic (exact) mass is 342 g/mol. The van der Waals surface area contributed by atoms with Gasteiger partial charge in [-0.15, -0.1) is 0 Å². The third-order valence-corrected chi connectivity index (χ3v) is 5.35. The Morgan fingerprint density at radius 3 is 2.42 bits per heavy atom. The minimum Gasteiger partial charge on any atom is -0.321 e. The molecule has 24 heavy (non-hydrogen) atoms. The van der Waals surface area contributed by atoms with Crippen LogP contribution in [0.25, 0.3) is 0 Å². The molecule has 0 aliphatic heterocycles. The smallest absolute Gasteiger partial charge is 0.255 e. The number of sulfone groups is 1. The molecule has 0 saturated carbocycles. The summed E-state index contributed by atoms with van der Waals surface area (Å²) in [5, 5.41) is 11.7. The molecule has 6 heteroatoms. The number of carbonyl (C=O) groups is 1. The summed E-state index contributed by atoms with van der Waals surface area (Å²) >= 11 is 0. The number of nitrogens with one attached hydrogen (secondary N) is 1. The second kappa shape index (κ2) is 7.75. The fourth-order valence-corrected chi connectivity index (χ4v) is 3.61. The van der Waals surface area contributed by atoms with E-state index in [1.165, 1.54) is 24.3 Å². The molecule has 2 aromatic carbocycles. The maximum Gasteiger partial charge on any atom is 0.255 e. The SMILES string of the molecule is CCCCS(=O)(=O)c1ccc(C(=O)Nc2ccccc2C#N)cc1. The van der Waals surface area contributed by atoms with Crippen molar-refractivity contribution >= 4 is 21.4 Å². The van der Waals surface area contributed by atoms with E-state index < -0.39 is 15.7 Å². The molecule has 2 rings (SSSR count). The molecule has 1 amide bonds. The molecule has 0 spiro atoms. The molecule has 2 aromatic rings. The molecule has 0 bridgehead atoms. The lowest BCUT2D eigenvalue weighted by molar-refractivity contribution is 0.102. The summed E-state index contributed by atoms with van der Waals surface area (Å²) in [5.74, 6) is -0.292. The Morgan fingerprint density at radius 2 is 1.79 bits per heavy atom. The van der Waals surface area contributed by atoms with E-state index in [2.05, 4.69) is 5.32 Å². The zero-order valence-electron chi connectivity index (χ0n) is 13.3. The van der Waals surface area contributed by atoms with E-state index in [4.69, 9.17) is 5.26 Å². The first-order valence-electron chi connectivity index (χ1n) is 7.61. The molecule has 0 aliphatic carbocycles. The molecule has 0 heterocycles. The van der Waals surface area contributed by atoms with E-state index in [9.17, 15) is 13.2 Å². The number of hydrogen-bond acceptors (Lipinski definition) is 4. The van der Waals surface area contributed by atoms with Gasteiger partial charge < -0.3 is 5.32 Å². The summed E-state index contributed by atoms with van der Waals surface area (Å²) in [5.41, 5.74) is 1.12. The molecule has 0 fully saturated rings. The minimum atomic E-state index is -3.31. The van der Waals surface area contributed by atoms with Crippen molar-refractivity contribution in [1.82, 2.24) is 0 Å². The van der Waals surface area contributed by atoms with Crippen LogP contribution in [0.15, 0.2) is 53.4 Å². The Balaban J connectivity index is 2.16. The van der Waals surface area contributed by atoms with Crippen LogP contribution >= 0.6 is 0 Å². The second-order valence-electron chi connectivity index (χ2n) is 5.31. The van der Waals surface area contributed by atoms with Gasteiger partial charge in [-0.25, -0.2) is 8.42 Å². The number of nitrogens with zero attached hydrogens (tertiary/aromatic N) is 1. The van der Waals surface area contributed by atoms with Crippen LogP contribution in [0.3, 0.4) is 0 Å². The van der Waals surface area contributed by atoms with Crippen molar-refractivity contribution in [2.24, 2.45) is 0 Å². The van der Waals surface area contributed by atoms with E-state index in [1.807, 2.05) is 13.0 Å². The Labute approximate surface area is 141 Å². The average molecular weight is 342 g/mol. The van der Waals surface area contributed by atoms with Crippen molar-refractivity contribution in [3.8, 4) is 6.07 Å². The maximum atomic E-state index is 12.2. The maximum absolute atomic E-state index is 12.2. The predicted octanol–water partition coefficient (Wildman–Crippen LogP) is 3.38. The third-order valence-electron chi connectivity index (χ3n) is 3.54. The molecular weight excluding hydrogens is 324 g/mol. The number of anilines is 1. The van der Waals surface area contributed by atoms with Crippen LogP contribution in [0, 0.1) is 11.3 Å². The molecule has 5 nitrogen and oxygen atoms in total. The van der Waals surface area contributed by atoms with Gasteiger partial charge in [0.15, 0.2) is 9.84 Å². The largest absolute Gasteiger partial charge is 0.321 e. The molecule has 0 atom stereocenters. The molecule has 124 valence electrons. The predicted molar refractivity (Wildman–Crippen MR) is 92.5 cm³/mol. The highest BCUT2D eigenvalue weighted by Crippen LogP contribution is 2.17. The van der Waals surface area contributed by atoms with Gasteiger partial charge in [0.25, 0.3) is 5.91 Å². The summed E-state index contributed by atoms with van der Waals surface area (Å²) in [6.07, 6.45) is 1.41. The van der Waals surface area contributed by atoms with Gasteiger partial charge in [-0.1, -0.05) is 25.5 Å². The molecule has 0 aliphatic rings. The van der Waals surface area contributed by atoms with Gasteiger partial charge >= 0.3 is 0 Å².